The van der Waals surface area contributed by atoms with Crippen molar-refractivity contribution in [3.63, 3.8) is 0 Å². The molecule has 2 aromatic rings. The van der Waals surface area contributed by atoms with Gasteiger partial charge in [-0.1, -0.05) is 18.2 Å². The van der Waals surface area contributed by atoms with E-state index in [0.717, 1.165) is 22.3 Å². The number of hydrogen-bond acceptors (Lipinski definition) is 2. The number of aryl methyl sites for hydroxylation is 1. The zero-order chi connectivity index (χ0) is 15.0. The van der Waals surface area contributed by atoms with Gasteiger partial charge in [0.2, 0.25) is 11.8 Å². The van der Waals surface area contributed by atoms with Gasteiger partial charge >= 0.3 is 0 Å². The maximum absolute atomic E-state index is 12.6. The van der Waals surface area contributed by atoms with Crippen LogP contribution < -0.4 is 10.6 Å². The van der Waals surface area contributed by atoms with Crippen molar-refractivity contribution in [1.82, 2.24) is 10.3 Å². The number of rotatable bonds is 2. The smallest absolute Gasteiger partial charge is 0.232 e. The van der Waals surface area contributed by atoms with E-state index in [9.17, 15) is 9.59 Å². The summed E-state index contributed by atoms with van der Waals surface area (Å²) in [5.74, 6) is -0.0288. The fourth-order valence-corrected chi connectivity index (χ4v) is 2.76. The van der Waals surface area contributed by atoms with E-state index >= 15 is 0 Å². The van der Waals surface area contributed by atoms with Gasteiger partial charge in [0.15, 0.2) is 0 Å². The van der Waals surface area contributed by atoms with Crippen molar-refractivity contribution in [2.24, 2.45) is 5.41 Å². The van der Waals surface area contributed by atoms with Crippen LogP contribution in [0.5, 0.6) is 0 Å². The third-order valence-corrected chi connectivity index (χ3v) is 4.26. The van der Waals surface area contributed by atoms with Crippen LogP contribution in [-0.4, -0.2) is 23.3 Å². The number of carbonyl (C=O) groups is 2. The second-order valence-electron chi connectivity index (χ2n) is 5.96. The van der Waals surface area contributed by atoms with E-state index in [-0.39, 0.29) is 11.8 Å². The summed E-state index contributed by atoms with van der Waals surface area (Å²) in [6.07, 6.45) is 0.975. The summed E-state index contributed by atoms with van der Waals surface area (Å²) in [5, 5.41) is 6.82. The average Bonchev–Trinajstić information content (AvgIpc) is 2.79. The Morgan fingerprint density at radius 1 is 1.33 bits per heavy atom. The molecule has 110 valence electrons. The van der Waals surface area contributed by atoms with E-state index < -0.39 is 5.41 Å². The first-order valence-electron chi connectivity index (χ1n) is 7.15. The van der Waals surface area contributed by atoms with Crippen molar-refractivity contribution in [2.75, 3.05) is 11.9 Å². The van der Waals surface area contributed by atoms with Gasteiger partial charge in [0, 0.05) is 29.6 Å². The van der Waals surface area contributed by atoms with Gasteiger partial charge in [-0.05, 0) is 26.3 Å². The first-order chi connectivity index (χ1) is 9.99. The minimum Gasteiger partial charge on any atom is -0.357 e. The van der Waals surface area contributed by atoms with E-state index in [4.69, 9.17) is 0 Å². The first-order valence-corrected chi connectivity index (χ1v) is 7.15. The molecule has 1 aliphatic heterocycles. The fourth-order valence-electron chi connectivity index (χ4n) is 2.76. The summed E-state index contributed by atoms with van der Waals surface area (Å²) in [6.45, 7) is 4.23. The van der Waals surface area contributed by atoms with E-state index in [2.05, 4.69) is 15.6 Å². The van der Waals surface area contributed by atoms with Crippen LogP contribution in [0.25, 0.3) is 10.9 Å². The monoisotopic (exact) mass is 285 g/mol. The summed E-state index contributed by atoms with van der Waals surface area (Å²) < 4.78 is 0. The predicted octanol–water partition coefficient (Wildman–Crippen LogP) is 2.33. The molecule has 0 bridgehead atoms. The first kappa shape index (κ1) is 13.7. The molecule has 1 atom stereocenters. The van der Waals surface area contributed by atoms with Gasteiger partial charge in [-0.2, -0.15) is 0 Å². The number of aromatic nitrogens is 1. The molecular formula is C16H19N3O2. The molecule has 0 aliphatic carbocycles. The number of carbonyl (C=O) groups excluding carboxylic acids is 2. The molecular weight excluding hydrogens is 266 g/mol. The van der Waals surface area contributed by atoms with E-state index in [1.807, 2.05) is 38.1 Å². The molecule has 0 saturated carbocycles. The molecule has 0 radical (unpaired) electrons. The lowest BCUT2D eigenvalue weighted by atomic mass is 9.81. The number of amides is 2. The number of anilines is 1. The van der Waals surface area contributed by atoms with Gasteiger partial charge in [0.05, 0.1) is 11.1 Å². The number of benzene rings is 1. The van der Waals surface area contributed by atoms with E-state index in [1.54, 1.807) is 0 Å². The van der Waals surface area contributed by atoms with Crippen LogP contribution in [0.4, 0.5) is 5.69 Å². The van der Waals surface area contributed by atoms with E-state index in [1.165, 1.54) is 0 Å². The maximum atomic E-state index is 12.6. The lowest BCUT2D eigenvalue weighted by Gasteiger charge is -2.32. The lowest BCUT2D eigenvalue weighted by molar-refractivity contribution is -0.130. The minimum absolute atomic E-state index is 0.0172. The number of aromatic amines is 1. The van der Waals surface area contributed by atoms with Crippen LogP contribution in [0.1, 0.15) is 25.5 Å². The fraction of sp³-hybridized carbons (Fsp3) is 0.375. The molecule has 1 aromatic heterocycles. The van der Waals surface area contributed by atoms with Gasteiger partial charge in [-0.25, -0.2) is 0 Å². The summed E-state index contributed by atoms with van der Waals surface area (Å²) >= 11 is 0. The normalized spacial score (nSPS) is 22.1. The Hall–Kier alpha value is -2.30. The van der Waals surface area contributed by atoms with Crippen molar-refractivity contribution < 1.29 is 9.59 Å². The number of fused-ring (bicyclic) bond motifs is 1. The number of hydrogen-bond donors (Lipinski definition) is 3. The van der Waals surface area contributed by atoms with Crippen LogP contribution in [0.15, 0.2) is 24.3 Å². The van der Waals surface area contributed by atoms with Gasteiger partial charge < -0.3 is 15.6 Å². The molecule has 0 spiro atoms. The molecule has 21 heavy (non-hydrogen) atoms. The van der Waals surface area contributed by atoms with Gasteiger partial charge in [-0.3, -0.25) is 9.59 Å². The highest BCUT2D eigenvalue weighted by molar-refractivity contribution is 6.05. The molecule has 5 heteroatoms. The summed E-state index contributed by atoms with van der Waals surface area (Å²) in [7, 11) is 0. The Kier molecular flexibility index (Phi) is 3.20. The van der Waals surface area contributed by atoms with Gasteiger partial charge in [0.1, 0.15) is 0 Å². The molecule has 1 unspecified atom stereocenters. The number of nitrogens with one attached hydrogen (secondary N) is 3. The quantitative estimate of drug-likeness (QED) is 0.792. The Morgan fingerprint density at radius 3 is 2.81 bits per heavy atom. The molecule has 3 N–H and O–H groups in total. The minimum atomic E-state index is -0.557. The molecule has 1 aromatic carbocycles. The molecule has 1 fully saturated rings. The summed E-state index contributed by atoms with van der Waals surface area (Å²) in [6, 6.07) is 7.88. The third-order valence-electron chi connectivity index (χ3n) is 4.26. The standard InChI is InChI=1S/C16H19N3O2/c1-10-14(11-5-3-4-6-12(11)18-10)19-15(21)16(2)8-7-13(20)17-9-16/h3-6,18H,7-9H2,1-2H3,(H,17,20)(H,19,21). The zero-order valence-corrected chi connectivity index (χ0v) is 12.2. The number of para-hydroxylation sites is 1. The Balaban J connectivity index is 1.86. The molecule has 5 nitrogen and oxygen atoms in total. The molecule has 2 heterocycles. The lowest BCUT2D eigenvalue weighted by Crippen LogP contribution is -2.48. The predicted molar refractivity (Wildman–Crippen MR) is 82.0 cm³/mol. The van der Waals surface area contributed by atoms with Crippen molar-refractivity contribution >= 4 is 28.4 Å². The van der Waals surface area contributed by atoms with Gasteiger partial charge in [-0.15, -0.1) is 0 Å². The number of H-pyrrole nitrogens is 1. The highest BCUT2D eigenvalue weighted by atomic mass is 16.2. The van der Waals surface area contributed by atoms with Crippen LogP contribution in [-0.2, 0) is 9.59 Å². The Bertz CT molecular complexity index is 707. The van der Waals surface area contributed by atoms with Crippen LogP contribution >= 0.6 is 0 Å². The second kappa shape index (κ2) is 4.91. The largest absolute Gasteiger partial charge is 0.357 e. The van der Waals surface area contributed by atoms with Crippen LogP contribution in [0.3, 0.4) is 0 Å². The van der Waals surface area contributed by atoms with Crippen molar-refractivity contribution in [2.45, 2.75) is 26.7 Å². The zero-order valence-electron chi connectivity index (χ0n) is 12.2. The highest BCUT2D eigenvalue weighted by Crippen LogP contribution is 2.31. The van der Waals surface area contributed by atoms with Gasteiger partial charge in [0.25, 0.3) is 0 Å². The Morgan fingerprint density at radius 2 is 2.10 bits per heavy atom. The summed E-state index contributed by atoms with van der Waals surface area (Å²) in [4.78, 5) is 27.2. The van der Waals surface area contributed by atoms with Crippen molar-refractivity contribution in [1.29, 1.82) is 0 Å². The highest BCUT2D eigenvalue weighted by Gasteiger charge is 2.37. The maximum Gasteiger partial charge on any atom is 0.232 e. The molecule has 2 amide bonds. The van der Waals surface area contributed by atoms with E-state index in [0.29, 0.717) is 19.4 Å². The van der Waals surface area contributed by atoms with Crippen LogP contribution in [0, 0.1) is 12.3 Å². The topological polar surface area (TPSA) is 74.0 Å². The van der Waals surface area contributed by atoms with Crippen molar-refractivity contribution in [3.8, 4) is 0 Å². The third kappa shape index (κ3) is 2.39. The molecule has 1 aliphatic rings. The Labute approximate surface area is 123 Å². The molecule has 3 rings (SSSR count). The number of piperidine rings is 1. The van der Waals surface area contributed by atoms with Crippen LogP contribution in [0.2, 0.25) is 0 Å². The molecule has 1 saturated heterocycles. The average molecular weight is 285 g/mol. The second-order valence-corrected chi connectivity index (χ2v) is 5.96. The summed E-state index contributed by atoms with van der Waals surface area (Å²) in [5.41, 5.74) is 2.22. The van der Waals surface area contributed by atoms with Crippen molar-refractivity contribution in [3.05, 3.63) is 30.0 Å². The SMILES string of the molecule is Cc1[nH]c2ccccc2c1NC(=O)C1(C)CCC(=O)NC1.